The maximum absolute atomic E-state index is 8.78. The first-order valence-corrected chi connectivity index (χ1v) is 3.86. The molecule has 0 saturated carbocycles. The lowest BCUT2D eigenvalue weighted by molar-refractivity contribution is -0.923. The highest BCUT2D eigenvalue weighted by atomic mass is 16.3. The lowest BCUT2D eigenvalue weighted by atomic mass is 10.3. The maximum atomic E-state index is 8.78. The highest BCUT2D eigenvalue weighted by Gasteiger charge is 2.15. The van der Waals surface area contributed by atoms with Gasteiger partial charge >= 0.3 is 0 Å². The topological polar surface area (TPSA) is 44.9 Å². The summed E-state index contributed by atoms with van der Waals surface area (Å²) in [6.07, 6.45) is 0. The number of aliphatic hydroxyl groups is 2. The number of likely N-dealkylation sites (N-methyl/N-ethyl adjacent to an activating group) is 1. The molecule has 62 valence electrons. The molecule has 3 nitrogen and oxygen atoms in total. The highest BCUT2D eigenvalue weighted by Crippen LogP contribution is 1.71. The lowest BCUT2D eigenvalue weighted by Crippen LogP contribution is -3.16. The molecule has 0 aliphatic rings. The van der Waals surface area contributed by atoms with Crippen molar-refractivity contribution >= 4 is 0 Å². The fraction of sp³-hybridized carbons (Fsp3) is 1.00. The number of hydrogen-bond donors (Lipinski definition) is 3. The van der Waals surface area contributed by atoms with Gasteiger partial charge in [0.15, 0.2) is 0 Å². The Morgan fingerprint density at radius 1 is 1.10 bits per heavy atom. The molecule has 3 heteroatoms. The maximum Gasteiger partial charge on any atom is 0.134 e. The molecule has 0 aromatic heterocycles. The standard InChI is InChI=1S/C7H17NO2/c1-3-8(4-2)7(5-9)6-10/h7,9-10H,3-6H2,1-2H3/p+1. The summed E-state index contributed by atoms with van der Waals surface area (Å²) in [7, 11) is 0. The smallest absolute Gasteiger partial charge is 0.134 e. The Morgan fingerprint density at radius 2 is 1.50 bits per heavy atom. The van der Waals surface area contributed by atoms with Crippen LogP contribution in [0.4, 0.5) is 0 Å². The first-order valence-electron chi connectivity index (χ1n) is 3.86. The van der Waals surface area contributed by atoms with E-state index >= 15 is 0 Å². The third-order valence-corrected chi connectivity index (χ3v) is 1.93. The van der Waals surface area contributed by atoms with Gasteiger partial charge in [-0.3, -0.25) is 0 Å². The Hall–Kier alpha value is -0.120. The predicted octanol–water partition coefficient (Wildman–Crippen LogP) is -1.74. The van der Waals surface area contributed by atoms with E-state index in [1.54, 1.807) is 0 Å². The second-order valence-electron chi connectivity index (χ2n) is 2.43. The second kappa shape index (κ2) is 5.65. The van der Waals surface area contributed by atoms with Gasteiger partial charge in [-0.05, 0) is 13.8 Å². The molecule has 0 spiro atoms. The van der Waals surface area contributed by atoms with Crippen molar-refractivity contribution in [1.29, 1.82) is 0 Å². The predicted molar refractivity (Wildman–Crippen MR) is 40.0 cm³/mol. The summed E-state index contributed by atoms with van der Waals surface area (Å²) in [6.45, 7) is 6.18. The molecule has 3 N–H and O–H groups in total. The Bertz CT molecular complexity index is 60.0. The van der Waals surface area contributed by atoms with E-state index in [1.165, 1.54) is 4.90 Å². The molecular formula is C7H18NO2+. The minimum absolute atomic E-state index is 0.00926. The third kappa shape index (κ3) is 2.64. The molecule has 0 amide bonds. The van der Waals surface area contributed by atoms with Crippen LogP contribution >= 0.6 is 0 Å². The molecular weight excluding hydrogens is 130 g/mol. The van der Waals surface area contributed by atoms with E-state index in [9.17, 15) is 0 Å². The van der Waals surface area contributed by atoms with Gasteiger partial charge in [-0.15, -0.1) is 0 Å². The fourth-order valence-electron chi connectivity index (χ4n) is 1.14. The average molecular weight is 148 g/mol. The van der Waals surface area contributed by atoms with Crippen LogP contribution in [0.15, 0.2) is 0 Å². The third-order valence-electron chi connectivity index (χ3n) is 1.93. The van der Waals surface area contributed by atoms with Gasteiger partial charge in [-0.25, -0.2) is 0 Å². The van der Waals surface area contributed by atoms with Gasteiger partial charge in [0.25, 0.3) is 0 Å². The molecule has 0 bridgehead atoms. The number of aliphatic hydroxyl groups excluding tert-OH is 2. The first kappa shape index (κ1) is 9.88. The van der Waals surface area contributed by atoms with Crippen LogP contribution in [0.1, 0.15) is 13.8 Å². The van der Waals surface area contributed by atoms with Crippen LogP contribution < -0.4 is 4.90 Å². The van der Waals surface area contributed by atoms with Crippen LogP contribution in [0.3, 0.4) is 0 Å². The van der Waals surface area contributed by atoms with Crippen LogP contribution in [0.25, 0.3) is 0 Å². The van der Waals surface area contributed by atoms with E-state index in [4.69, 9.17) is 10.2 Å². The summed E-state index contributed by atoms with van der Waals surface area (Å²) in [5.74, 6) is 0. The van der Waals surface area contributed by atoms with Crippen molar-refractivity contribution < 1.29 is 15.1 Å². The minimum atomic E-state index is 0.00926. The van der Waals surface area contributed by atoms with Gasteiger partial charge < -0.3 is 15.1 Å². The highest BCUT2D eigenvalue weighted by molar-refractivity contribution is 4.47. The number of hydrogen-bond acceptors (Lipinski definition) is 2. The van der Waals surface area contributed by atoms with Crippen molar-refractivity contribution in [2.75, 3.05) is 26.3 Å². The van der Waals surface area contributed by atoms with Crippen molar-refractivity contribution in [3.63, 3.8) is 0 Å². The first-order chi connectivity index (χ1) is 4.79. The van der Waals surface area contributed by atoms with E-state index in [0.29, 0.717) is 0 Å². The van der Waals surface area contributed by atoms with E-state index < -0.39 is 0 Å². The van der Waals surface area contributed by atoms with E-state index in [0.717, 1.165) is 13.1 Å². The molecule has 10 heavy (non-hydrogen) atoms. The molecule has 0 radical (unpaired) electrons. The fourth-order valence-corrected chi connectivity index (χ4v) is 1.14. The van der Waals surface area contributed by atoms with Crippen molar-refractivity contribution in [3.05, 3.63) is 0 Å². The summed E-state index contributed by atoms with van der Waals surface area (Å²) < 4.78 is 0. The van der Waals surface area contributed by atoms with Gasteiger partial charge in [-0.2, -0.15) is 0 Å². The van der Waals surface area contributed by atoms with Crippen LogP contribution in [0, 0.1) is 0 Å². The molecule has 0 heterocycles. The zero-order valence-electron chi connectivity index (χ0n) is 6.80. The summed E-state index contributed by atoms with van der Waals surface area (Å²) in [6, 6.07) is 0.00926. The SMILES string of the molecule is CC[NH+](CC)C(CO)CO. The molecule has 0 rings (SSSR count). The second-order valence-corrected chi connectivity index (χ2v) is 2.43. The van der Waals surface area contributed by atoms with Gasteiger partial charge in [0.2, 0.25) is 0 Å². The number of nitrogens with one attached hydrogen (secondary N) is 1. The average Bonchev–Trinajstić information content (AvgIpc) is 2.00. The molecule has 0 aromatic rings. The molecule has 0 aromatic carbocycles. The Balaban J connectivity index is 3.70. The minimum Gasteiger partial charge on any atom is -0.390 e. The zero-order valence-corrected chi connectivity index (χ0v) is 6.80. The summed E-state index contributed by atoms with van der Waals surface area (Å²) in [5, 5.41) is 17.6. The zero-order chi connectivity index (χ0) is 7.98. The van der Waals surface area contributed by atoms with Gasteiger partial charge in [0.05, 0.1) is 26.3 Å². The van der Waals surface area contributed by atoms with Crippen molar-refractivity contribution in [2.24, 2.45) is 0 Å². The summed E-state index contributed by atoms with van der Waals surface area (Å²) >= 11 is 0. The van der Waals surface area contributed by atoms with Crippen LogP contribution in [0.2, 0.25) is 0 Å². The number of quaternary nitrogens is 1. The van der Waals surface area contributed by atoms with Crippen molar-refractivity contribution in [3.8, 4) is 0 Å². The summed E-state index contributed by atoms with van der Waals surface area (Å²) in [5.41, 5.74) is 0. The largest absolute Gasteiger partial charge is 0.390 e. The van der Waals surface area contributed by atoms with E-state index in [-0.39, 0.29) is 19.3 Å². The van der Waals surface area contributed by atoms with Crippen molar-refractivity contribution in [1.82, 2.24) is 0 Å². The van der Waals surface area contributed by atoms with Crippen LogP contribution in [0.5, 0.6) is 0 Å². The Labute approximate surface area is 62.3 Å². The van der Waals surface area contributed by atoms with E-state index in [1.807, 2.05) is 0 Å². The van der Waals surface area contributed by atoms with Gasteiger partial charge in [0, 0.05) is 0 Å². The molecule has 0 atom stereocenters. The van der Waals surface area contributed by atoms with Gasteiger partial charge in [-0.1, -0.05) is 0 Å². The van der Waals surface area contributed by atoms with Crippen molar-refractivity contribution in [2.45, 2.75) is 19.9 Å². The number of rotatable bonds is 5. The lowest BCUT2D eigenvalue weighted by Gasteiger charge is -2.22. The van der Waals surface area contributed by atoms with Gasteiger partial charge in [0.1, 0.15) is 6.04 Å². The Kier molecular flexibility index (Phi) is 5.58. The Morgan fingerprint density at radius 3 is 1.60 bits per heavy atom. The molecule has 0 saturated heterocycles. The quantitative estimate of drug-likeness (QED) is 0.433. The molecule has 0 unspecified atom stereocenters. The van der Waals surface area contributed by atoms with E-state index in [2.05, 4.69) is 13.8 Å². The monoisotopic (exact) mass is 148 g/mol. The molecule has 0 aliphatic carbocycles. The molecule has 0 fully saturated rings. The summed E-state index contributed by atoms with van der Waals surface area (Å²) in [4.78, 5) is 1.25. The normalized spacial score (nSPS) is 11.4. The van der Waals surface area contributed by atoms with Crippen LogP contribution in [-0.2, 0) is 0 Å². The van der Waals surface area contributed by atoms with Crippen LogP contribution in [-0.4, -0.2) is 42.6 Å². The molecule has 0 aliphatic heterocycles.